The number of benzene rings is 2. The molecule has 0 aliphatic carbocycles. The predicted molar refractivity (Wildman–Crippen MR) is 90.0 cm³/mol. The summed E-state index contributed by atoms with van der Waals surface area (Å²) >= 11 is 0. The van der Waals surface area contributed by atoms with E-state index in [1.807, 2.05) is 6.07 Å². The summed E-state index contributed by atoms with van der Waals surface area (Å²) in [5.41, 5.74) is 1.14. The molecule has 0 spiro atoms. The van der Waals surface area contributed by atoms with Crippen LogP contribution < -0.4 is 18.9 Å². The first-order valence-corrected chi connectivity index (χ1v) is 7.46. The van der Waals surface area contributed by atoms with Crippen molar-refractivity contribution in [2.45, 2.75) is 0 Å². The number of carbonyl (C=O) groups excluding carboxylic acids is 1. The molecular formula is C19H15NO5. The van der Waals surface area contributed by atoms with Gasteiger partial charge in [0.05, 0.1) is 19.8 Å². The van der Waals surface area contributed by atoms with Gasteiger partial charge in [-0.05, 0) is 30.3 Å². The highest BCUT2D eigenvalue weighted by Crippen LogP contribution is 2.36. The Hall–Kier alpha value is -3.46. The van der Waals surface area contributed by atoms with Gasteiger partial charge in [0, 0.05) is 17.7 Å². The molecule has 0 N–H and O–H groups in total. The Kier molecular flexibility index (Phi) is 4.57. The maximum absolute atomic E-state index is 12.5. The number of fused-ring (bicyclic) bond motifs is 1. The van der Waals surface area contributed by atoms with E-state index in [0.717, 1.165) is 0 Å². The second-order valence-electron chi connectivity index (χ2n) is 5.15. The van der Waals surface area contributed by atoms with Gasteiger partial charge in [-0.15, -0.1) is 0 Å². The first kappa shape index (κ1) is 16.4. The van der Waals surface area contributed by atoms with Crippen LogP contribution in [0.4, 0.5) is 0 Å². The monoisotopic (exact) mass is 337 g/mol. The minimum atomic E-state index is -0.222. The van der Waals surface area contributed by atoms with Crippen molar-refractivity contribution in [3.63, 3.8) is 0 Å². The molecule has 0 radical (unpaired) electrons. The molecule has 3 rings (SSSR count). The van der Waals surface area contributed by atoms with Gasteiger partial charge < -0.3 is 18.9 Å². The number of nitrogens with zero attached hydrogens (tertiary/aromatic N) is 1. The van der Waals surface area contributed by atoms with Gasteiger partial charge in [0.15, 0.2) is 12.4 Å². The average Bonchev–Trinajstić information content (AvgIpc) is 2.95. The third-order valence-electron chi connectivity index (χ3n) is 3.67. The fourth-order valence-electron chi connectivity index (χ4n) is 2.45. The highest BCUT2D eigenvalue weighted by molar-refractivity contribution is 6.14. The lowest BCUT2D eigenvalue weighted by atomic mass is 10.1. The van der Waals surface area contributed by atoms with E-state index in [2.05, 4.69) is 0 Å². The van der Waals surface area contributed by atoms with Gasteiger partial charge in [-0.25, -0.2) is 0 Å². The summed E-state index contributed by atoms with van der Waals surface area (Å²) < 4.78 is 21.4. The van der Waals surface area contributed by atoms with Crippen molar-refractivity contribution < 1.29 is 23.7 Å². The van der Waals surface area contributed by atoms with E-state index in [9.17, 15) is 4.79 Å². The second kappa shape index (κ2) is 6.97. The maximum Gasteiger partial charge on any atom is 0.231 e. The Labute approximate surface area is 144 Å². The molecule has 0 amide bonds. The number of ketones is 1. The fraction of sp³-hybridized carbons (Fsp3) is 0.158. The molecule has 1 aliphatic heterocycles. The third-order valence-corrected chi connectivity index (χ3v) is 3.67. The molecule has 6 heteroatoms. The van der Waals surface area contributed by atoms with Gasteiger partial charge in [0.25, 0.3) is 0 Å². The highest BCUT2D eigenvalue weighted by atomic mass is 16.5. The summed E-state index contributed by atoms with van der Waals surface area (Å²) in [4.78, 5) is 12.5. The molecule has 1 aliphatic rings. The molecule has 0 saturated carbocycles. The predicted octanol–water partition coefficient (Wildman–Crippen LogP) is 3.22. The Morgan fingerprint density at radius 1 is 1.12 bits per heavy atom. The Morgan fingerprint density at radius 3 is 2.64 bits per heavy atom. The molecule has 0 unspecified atom stereocenters. The van der Waals surface area contributed by atoms with Crippen molar-refractivity contribution >= 4 is 11.9 Å². The molecule has 1 heterocycles. The smallest absolute Gasteiger partial charge is 0.231 e. The number of carbonyl (C=O) groups is 1. The summed E-state index contributed by atoms with van der Waals surface area (Å²) in [5.74, 6) is 2.06. The number of allylic oxidation sites excluding steroid dienone is 1. The molecule has 0 atom stereocenters. The van der Waals surface area contributed by atoms with Crippen LogP contribution in [0, 0.1) is 11.3 Å². The lowest BCUT2D eigenvalue weighted by molar-refractivity contribution is 0.101. The average molecular weight is 337 g/mol. The number of Topliss-reactive ketones (excluding diaryl/α,β-unsaturated/α-hetero) is 1. The zero-order valence-corrected chi connectivity index (χ0v) is 13.7. The topological polar surface area (TPSA) is 77.8 Å². The van der Waals surface area contributed by atoms with E-state index in [4.69, 9.17) is 24.2 Å². The fourth-order valence-corrected chi connectivity index (χ4v) is 2.45. The lowest BCUT2D eigenvalue weighted by Gasteiger charge is -2.08. The van der Waals surface area contributed by atoms with Crippen LogP contribution in [-0.2, 0) is 0 Å². The van der Waals surface area contributed by atoms with E-state index in [1.54, 1.807) is 56.7 Å². The van der Waals surface area contributed by atoms with Gasteiger partial charge in [0.2, 0.25) is 5.78 Å². The molecule has 126 valence electrons. The van der Waals surface area contributed by atoms with Crippen LogP contribution in [0.5, 0.6) is 23.0 Å². The third kappa shape index (κ3) is 3.26. The van der Waals surface area contributed by atoms with E-state index in [0.29, 0.717) is 34.1 Å². The first-order chi connectivity index (χ1) is 12.2. The molecule has 2 aromatic rings. The van der Waals surface area contributed by atoms with Crippen molar-refractivity contribution in [3.8, 4) is 29.1 Å². The number of nitriles is 1. The quantitative estimate of drug-likeness (QED) is 0.780. The van der Waals surface area contributed by atoms with E-state index in [1.165, 1.54) is 0 Å². The Balaban J connectivity index is 1.91. The summed E-state index contributed by atoms with van der Waals surface area (Å²) in [5, 5.41) is 8.57. The van der Waals surface area contributed by atoms with Crippen LogP contribution >= 0.6 is 0 Å². The summed E-state index contributed by atoms with van der Waals surface area (Å²) in [7, 11) is 3.11. The zero-order chi connectivity index (χ0) is 17.8. The summed E-state index contributed by atoms with van der Waals surface area (Å²) in [6.45, 7) is -0.0710. The van der Waals surface area contributed by atoms with Crippen LogP contribution in [0.1, 0.15) is 15.9 Å². The molecule has 0 saturated heterocycles. The first-order valence-electron chi connectivity index (χ1n) is 7.46. The molecule has 0 fully saturated rings. The van der Waals surface area contributed by atoms with E-state index in [-0.39, 0.29) is 18.1 Å². The van der Waals surface area contributed by atoms with Gasteiger partial charge in [-0.1, -0.05) is 0 Å². The number of ether oxygens (including phenoxy) is 4. The minimum absolute atomic E-state index is 0.0710. The van der Waals surface area contributed by atoms with Crippen LogP contribution in [0.3, 0.4) is 0 Å². The van der Waals surface area contributed by atoms with E-state index >= 15 is 0 Å². The Bertz CT molecular complexity index is 895. The molecular weight excluding hydrogens is 322 g/mol. The van der Waals surface area contributed by atoms with Gasteiger partial charge in [-0.3, -0.25) is 4.79 Å². The molecule has 25 heavy (non-hydrogen) atoms. The van der Waals surface area contributed by atoms with Crippen molar-refractivity contribution in [3.05, 3.63) is 53.3 Å². The molecule has 0 aromatic heterocycles. The van der Waals surface area contributed by atoms with E-state index < -0.39 is 0 Å². The molecule has 2 aromatic carbocycles. The molecule has 6 nitrogen and oxygen atoms in total. The van der Waals surface area contributed by atoms with Crippen LogP contribution in [0.2, 0.25) is 0 Å². The summed E-state index contributed by atoms with van der Waals surface area (Å²) in [6.07, 6.45) is 1.62. The van der Waals surface area contributed by atoms with Gasteiger partial charge >= 0.3 is 0 Å². The molecule has 0 bridgehead atoms. The van der Waals surface area contributed by atoms with Crippen molar-refractivity contribution in [2.24, 2.45) is 0 Å². The van der Waals surface area contributed by atoms with Crippen molar-refractivity contribution in [1.29, 1.82) is 5.26 Å². The summed E-state index contributed by atoms with van der Waals surface area (Å²) in [6, 6.07) is 12.0. The van der Waals surface area contributed by atoms with Crippen LogP contribution in [0.25, 0.3) is 6.08 Å². The Morgan fingerprint density at radius 2 is 1.92 bits per heavy atom. The maximum atomic E-state index is 12.5. The number of methoxy groups -OCH3 is 2. The largest absolute Gasteiger partial charge is 0.497 e. The lowest BCUT2D eigenvalue weighted by Crippen LogP contribution is -1.99. The second-order valence-corrected chi connectivity index (χ2v) is 5.15. The van der Waals surface area contributed by atoms with Gasteiger partial charge in [0.1, 0.15) is 29.1 Å². The van der Waals surface area contributed by atoms with Crippen molar-refractivity contribution in [1.82, 2.24) is 0 Å². The minimum Gasteiger partial charge on any atom is -0.497 e. The highest BCUT2D eigenvalue weighted by Gasteiger charge is 2.28. The van der Waals surface area contributed by atoms with Crippen molar-refractivity contribution in [2.75, 3.05) is 20.8 Å². The number of hydrogen-bond donors (Lipinski definition) is 0. The van der Waals surface area contributed by atoms with Crippen LogP contribution in [0.15, 0.2) is 42.2 Å². The zero-order valence-electron chi connectivity index (χ0n) is 13.7. The normalized spacial score (nSPS) is 13.8. The standard InChI is InChI=1S/C19H15NO5/c1-22-13-4-3-12(16(10-13)23-2)9-18-19(21)15-6-5-14(24-8-7-20)11-17(15)25-18/h3-6,9-11H,8H2,1-2H3/b18-9-. The number of hydrogen-bond acceptors (Lipinski definition) is 6. The SMILES string of the molecule is COc1ccc(/C=C2\Oc3cc(OCC#N)ccc3C2=O)c(OC)c1. The van der Waals surface area contributed by atoms with Crippen LogP contribution in [-0.4, -0.2) is 26.6 Å². The number of rotatable bonds is 5. The van der Waals surface area contributed by atoms with Gasteiger partial charge in [-0.2, -0.15) is 5.26 Å².